The van der Waals surface area contributed by atoms with Gasteiger partial charge in [-0.2, -0.15) is 10.2 Å². The van der Waals surface area contributed by atoms with E-state index in [4.69, 9.17) is 4.74 Å². The molecule has 1 aliphatic rings. The molecule has 114 valence electrons. The highest BCUT2D eigenvalue weighted by molar-refractivity contribution is 4.95. The normalized spacial score (nSPS) is 21.5. The average Bonchev–Trinajstić information content (AvgIpc) is 3.10. The summed E-state index contributed by atoms with van der Waals surface area (Å²) in [6.07, 6.45) is 2.96. The number of aryl methyl sites for hydroxylation is 1. The lowest BCUT2D eigenvalue weighted by Crippen LogP contribution is -2.43. The summed E-state index contributed by atoms with van der Waals surface area (Å²) in [6, 6.07) is 1.85. The number of hydrogen-bond acceptors (Lipinski definition) is 6. The van der Waals surface area contributed by atoms with Crippen LogP contribution in [0.15, 0.2) is 18.5 Å². The predicted molar refractivity (Wildman–Crippen MR) is 74.5 cm³/mol. The molecule has 2 aromatic rings. The summed E-state index contributed by atoms with van der Waals surface area (Å²) in [6.45, 7) is 5.05. The van der Waals surface area contributed by atoms with Gasteiger partial charge in [-0.25, -0.2) is 4.98 Å². The molecule has 0 radical (unpaired) electrons. The number of rotatable bonds is 5. The molecule has 1 aliphatic heterocycles. The number of aliphatic hydroxyl groups excluding tert-OH is 1. The molecule has 0 aliphatic carbocycles. The number of aromatic nitrogens is 5. The lowest BCUT2D eigenvalue weighted by Gasteiger charge is -2.32. The van der Waals surface area contributed by atoms with Gasteiger partial charge < -0.3 is 9.84 Å². The third-order valence-corrected chi connectivity index (χ3v) is 3.48. The van der Waals surface area contributed by atoms with Crippen LogP contribution in [0.5, 0.6) is 0 Å². The SMILES string of the molecule is Cc1nc([C@H]2CN(C[C@H](O)Cn3cccn3)CCO2)n[nH]1. The van der Waals surface area contributed by atoms with Gasteiger partial charge in [-0.3, -0.25) is 14.7 Å². The van der Waals surface area contributed by atoms with Crippen molar-refractivity contribution in [2.75, 3.05) is 26.2 Å². The van der Waals surface area contributed by atoms with E-state index >= 15 is 0 Å². The van der Waals surface area contributed by atoms with Crippen molar-refractivity contribution in [3.63, 3.8) is 0 Å². The summed E-state index contributed by atoms with van der Waals surface area (Å²) in [5.41, 5.74) is 0. The summed E-state index contributed by atoms with van der Waals surface area (Å²) in [4.78, 5) is 6.49. The largest absolute Gasteiger partial charge is 0.390 e. The molecule has 0 spiro atoms. The van der Waals surface area contributed by atoms with Crippen molar-refractivity contribution in [3.05, 3.63) is 30.1 Å². The van der Waals surface area contributed by atoms with Gasteiger partial charge in [0.15, 0.2) is 5.82 Å². The van der Waals surface area contributed by atoms with Crippen LogP contribution >= 0.6 is 0 Å². The number of aromatic amines is 1. The van der Waals surface area contributed by atoms with E-state index in [0.717, 1.165) is 12.4 Å². The Labute approximate surface area is 122 Å². The Morgan fingerprint density at radius 3 is 3.14 bits per heavy atom. The zero-order chi connectivity index (χ0) is 14.7. The maximum absolute atomic E-state index is 10.2. The van der Waals surface area contributed by atoms with Crippen LogP contribution in [0.1, 0.15) is 17.8 Å². The molecular formula is C13H20N6O2. The first-order valence-electron chi connectivity index (χ1n) is 7.09. The third-order valence-electron chi connectivity index (χ3n) is 3.48. The van der Waals surface area contributed by atoms with E-state index in [-0.39, 0.29) is 6.10 Å². The van der Waals surface area contributed by atoms with E-state index in [1.807, 2.05) is 19.2 Å². The Morgan fingerprint density at radius 1 is 1.52 bits per heavy atom. The first-order chi connectivity index (χ1) is 10.2. The number of nitrogens with zero attached hydrogens (tertiary/aromatic N) is 5. The van der Waals surface area contributed by atoms with E-state index < -0.39 is 6.10 Å². The Morgan fingerprint density at radius 2 is 2.43 bits per heavy atom. The van der Waals surface area contributed by atoms with Crippen LogP contribution < -0.4 is 0 Å². The molecule has 0 saturated carbocycles. The molecule has 2 atom stereocenters. The lowest BCUT2D eigenvalue weighted by atomic mass is 10.2. The van der Waals surface area contributed by atoms with E-state index in [0.29, 0.717) is 32.1 Å². The number of β-amino-alcohol motifs (C(OH)–C–C–N with tert-alkyl or cyclic N) is 1. The molecule has 8 nitrogen and oxygen atoms in total. The highest BCUT2D eigenvalue weighted by atomic mass is 16.5. The topological polar surface area (TPSA) is 92.1 Å². The molecule has 8 heteroatoms. The molecule has 3 heterocycles. The summed E-state index contributed by atoms with van der Waals surface area (Å²) >= 11 is 0. The smallest absolute Gasteiger partial charge is 0.180 e. The Bertz CT molecular complexity index is 555. The number of hydrogen-bond donors (Lipinski definition) is 2. The van der Waals surface area contributed by atoms with E-state index in [9.17, 15) is 5.11 Å². The van der Waals surface area contributed by atoms with Gasteiger partial charge in [0, 0.05) is 32.0 Å². The Kier molecular flexibility index (Phi) is 4.28. The monoisotopic (exact) mass is 292 g/mol. The van der Waals surface area contributed by atoms with Crippen molar-refractivity contribution in [3.8, 4) is 0 Å². The minimum atomic E-state index is -0.461. The fraction of sp³-hybridized carbons (Fsp3) is 0.615. The van der Waals surface area contributed by atoms with Gasteiger partial charge in [-0.15, -0.1) is 0 Å². The number of H-pyrrole nitrogens is 1. The van der Waals surface area contributed by atoms with Gasteiger partial charge in [0.25, 0.3) is 0 Å². The van der Waals surface area contributed by atoms with E-state index in [1.54, 1.807) is 10.9 Å². The minimum absolute atomic E-state index is 0.138. The number of nitrogens with one attached hydrogen (secondary N) is 1. The molecule has 3 rings (SSSR count). The van der Waals surface area contributed by atoms with Crippen LogP contribution in [-0.4, -0.2) is 67.3 Å². The van der Waals surface area contributed by atoms with Gasteiger partial charge in [0.05, 0.1) is 19.3 Å². The van der Waals surface area contributed by atoms with Gasteiger partial charge in [-0.1, -0.05) is 0 Å². The maximum atomic E-state index is 10.2. The Hall–Kier alpha value is -1.77. The second kappa shape index (κ2) is 6.33. The molecule has 1 saturated heterocycles. The molecule has 0 bridgehead atoms. The highest BCUT2D eigenvalue weighted by Crippen LogP contribution is 2.19. The zero-order valence-electron chi connectivity index (χ0n) is 12.0. The zero-order valence-corrected chi connectivity index (χ0v) is 12.0. The minimum Gasteiger partial charge on any atom is -0.390 e. The van der Waals surface area contributed by atoms with E-state index in [2.05, 4.69) is 25.2 Å². The first kappa shape index (κ1) is 14.2. The third kappa shape index (κ3) is 3.66. The summed E-state index contributed by atoms with van der Waals surface area (Å²) in [5, 5.41) is 21.2. The van der Waals surface area contributed by atoms with Gasteiger partial charge >= 0.3 is 0 Å². The number of morpholine rings is 1. The highest BCUT2D eigenvalue weighted by Gasteiger charge is 2.26. The molecule has 0 unspecified atom stereocenters. The Balaban J connectivity index is 1.53. The average molecular weight is 292 g/mol. The first-order valence-corrected chi connectivity index (χ1v) is 7.09. The summed E-state index contributed by atoms with van der Waals surface area (Å²) < 4.78 is 7.45. The standard InChI is InChI=1S/C13H20N6O2/c1-10-15-13(17-16-10)12-9-18(5-6-21-12)7-11(20)8-19-4-2-3-14-19/h2-4,11-12,20H,5-9H2,1H3,(H,15,16,17)/t11-,12+/m0/s1. The van der Waals surface area contributed by atoms with E-state index in [1.165, 1.54) is 0 Å². The molecule has 2 N–H and O–H groups in total. The molecule has 2 aromatic heterocycles. The number of aliphatic hydroxyl groups is 1. The summed E-state index contributed by atoms with van der Waals surface area (Å²) in [7, 11) is 0. The van der Waals surface area contributed by atoms with Crippen LogP contribution in [0.2, 0.25) is 0 Å². The second-order valence-corrected chi connectivity index (χ2v) is 5.28. The van der Waals surface area contributed by atoms with Crippen LogP contribution in [0.4, 0.5) is 0 Å². The molecular weight excluding hydrogens is 272 g/mol. The molecule has 21 heavy (non-hydrogen) atoms. The molecule has 0 aromatic carbocycles. The van der Waals surface area contributed by atoms with Gasteiger partial charge in [-0.05, 0) is 13.0 Å². The van der Waals surface area contributed by atoms with Crippen molar-refractivity contribution in [1.29, 1.82) is 0 Å². The van der Waals surface area contributed by atoms with Crippen molar-refractivity contribution in [1.82, 2.24) is 29.9 Å². The van der Waals surface area contributed by atoms with Crippen molar-refractivity contribution < 1.29 is 9.84 Å². The summed E-state index contributed by atoms with van der Waals surface area (Å²) in [5.74, 6) is 1.46. The molecule has 1 fully saturated rings. The van der Waals surface area contributed by atoms with Crippen molar-refractivity contribution in [2.24, 2.45) is 0 Å². The van der Waals surface area contributed by atoms with Crippen LogP contribution in [0.25, 0.3) is 0 Å². The van der Waals surface area contributed by atoms with Gasteiger partial charge in [0.1, 0.15) is 11.9 Å². The van der Waals surface area contributed by atoms with Crippen molar-refractivity contribution in [2.45, 2.75) is 25.7 Å². The van der Waals surface area contributed by atoms with Crippen LogP contribution in [-0.2, 0) is 11.3 Å². The van der Waals surface area contributed by atoms with Crippen LogP contribution in [0, 0.1) is 6.92 Å². The fourth-order valence-electron chi connectivity index (χ4n) is 2.51. The second-order valence-electron chi connectivity index (χ2n) is 5.28. The quantitative estimate of drug-likeness (QED) is 0.789. The molecule has 0 amide bonds. The fourth-order valence-corrected chi connectivity index (χ4v) is 2.51. The van der Waals surface area contributed by atoms with Crippen molar-refractivity contribution >= 4 is 0 Å². The number of ether oxygens (including phenoxy) is 1. The van der Waals surface area contributed by atoms with Crippen LogP contribution in [0.3, 0.4) is 0 Å². The maximum Gasteiger partial charge on any atom is 0.180 e. The lowest BCUT2D eigenvalue weighted by molar-refractivity contribution is -0.0473. The predicted octanol–water partition coefficient (Wildman–Crippen LogP) is -0.256. The van der Waals surface area contributed by atoms with Gasteiger partial charge in [0.2, 0.25) is 0 Å².